The number of hydrogen-bond acceptors (Lipinski definition) is 3. The molecule has 0 aromatic heterocycles. The highest BCUT2D eigenvalue weighted by molar-refractivity contribution is 5.32. The van der Waals surface area contributed by atoms with Crippen molar-refractivity contribution in [2.75, 3.05) is 0 Å². The first-order valence-corrected chi connectivity index (χ1v) is 0.902. The highest BCUT2D eigenvalue weighted by Gasteiger charge is 1.22. The van der Waals surface area contributed by atoms with Crippen molar-refractivity contribution < 1.29 is 20.9 Å². The third-order valence-corrected chi connectivity index (χ3v) is 0. The molecule has 1 N–H and O–H groups in total. The zero-order valence-electron chi connectivity index (χ0n) is 2.75. The Hall–Kier alpha value is -1.15. The summed E-state index contributed by atoms with van der Waals surface area (Å²) >= 11 is 0. The normalized spacial score (nSPS) is 3.33. The van der Waals surface area contributed by atoms with Crippen molar-refractivity contribution in [2.45, 2.75) is 0 Å². The van der Waals surface area contributed by atoms with E-state index in [9.17, 15) is 0 Å². The van der Waals surface area contributed by atoms with Crippen LogP contribution in [-0.4, -0.2) is 17.7 Å². The van der Waals surface area contributed by atoms with Crippen molar-refractivity contribution in [1.82, 2.24) is 0 Å². The van der Waals surface area contributed by atoms with E-state index in [1.54, 1.807) is 0 Å². The monoisotopic (exact) mass is 92.0 g/mol. The van der Waals surface area contributed by atoms with Gasteiger partial charge in [0.1, 0.15) is 0 Å². The Morgan fingerprint density at radius 3 is 1.67 bits per heavy atom. The van der Waals surface area contributed by atoms with Crippen LogP contribution in [0.3, 0.4) is 0 Å². The maximum Gasteiger partial charge on any atom is 0.373 e. The van der Waals surface area contributed by atoms with Crippen LogP contribution in [0.5, 0.6) is 0 Å². The van der Waals surface area contributed by atoms with E-state index in [2.05, 4.69) is 0 Å². The Kier molecular flexibility index (Phi) is 63.8. The van der Waals surface area contributed by atoms with Crippen LogP contribution >= 0.6 is 0 Å². The quantitative estimate of drug-likeness (QED) is 0.403. The number of hydrogen-bond donors (Lipinski definition) is 1. The molecule has 0 atom stereocenters. The van der Waals surface area contributed by atoms with Crippen molar-refractivity contribution >= 4 is 12.6 Å². The number of carbonyl (C=O) groups excluding carboxylic acids is 2. The van der Waals surface area contributed by atoms with Crippen molar-refractivity contribution in [3.63, 3.8) is 0 Å². The average molecular weight is 92.0 g/mol. The lowest BCUT2D eigenvalue weighted by Crippen LogP contribution is -1.49. The molecule has 0 aromatic carbocycles. The molecule has 0 aliphatic carbocycles. The predicted octanol–water partition coefficient (Wildman–Crippen LogP) is -0.637. The average Bonchev–Trinajstić information content (AvgIpc) is 1.39. The molecule has 0 heterocycles. The van der Waals surface area contributed by atoms with Gasteiger partial charge in [0, 0.05) is 1.43 Å². The third kappa shape index (κ3) is 7.38. The van der Waals surface area contributed by atoms with Crippen LogP contribution in [0.2, 0.25) is 0 Å². The lowest BCUT2D eigenvalue weighted by atomic mass is 11.7. The Labute approximate surface area is 34.9 Å². The van der Waals surface area contributed by atoms with Crippen LogP contribution < -0.4 is 0 Å². The summed E-state index contributed by atoms with van der Waals surface area (Å²) in [6.45, 7) is -0.250. The Morgan fingerprint density at radius 2 is 1.67 bits per heavy atom. The fourth-order valence-corrected chi connectivity index (χ4v) is 0. The van der Waals surface area contributed by atoms with Crippen LogP contribution in [0.15, 0.2) is 0 Å². The van der Waals surface area contributed by atoms with E-state index in [1.807, 2.05) is 0 Å². The minimum atomic E-state index is -0.250. The molecule has 0 saturated carbocycles. The molecule has 4 nitrogen and oxygen atoms in total. The van der Waals surface area contributed by atoms with E-state index in [-0.39, 0.29) is 14.1 Å². The number of carboxylic acid groups (broad SMARTS) is 1. The smallest absolute Gasteiger partial charge is 0.373 e. The summed E-state index contributed by atoms with van der Waals surface area (Å²) in [6.07, 6.45) is 0.250. The number of rotatable bonds is 0. The van der Waals surface area contributed by atoms with Gasteiger partial charge in [0.25, 0.3) is 6.47 Å². The van der Waals surface area contributed by atoms with Crippen molar-refractivity contribution in [2.24, 2.45) is 0 Å². The summed E-state index contributed by atoms with van der Waals surface area (Å²) in [5.41, 5.74) is 0. The molecular formula is C2H4O4. The topological polar surface area (TPSA) is 71.4 Å². The van der Waals surface area contributed by atoms with E-state index in [0.717, 1.165) is 0 Å². The fraction of sp³-hybridized carbons (Fsp3) is 0. The standard InChI is InChI=1S/CH2O2.CO2.H2/c2*2-1-3;/h1H,(H,2,3);;1H. The van der Waals surface area contributed by atoms with Gasteiger partial charge in [-0.1, -0.05) is 0 Å². The molecule has 6 heavy (non-hydrogen) atoms. The van der Waals surface area contributed by atoms with Crippen LogP contribution in [-0.2, 0) is 14.4 Å². The van der Waals surface area contributed by atoms with Gasteiger partial charge >= 0.3 is 6.15 Å². The van der Waals surface area contributed by atoms with Gasteiger partial charge < -0.3 is 5.11 Å². The van der Waals surface area contributed by atoms with Crippen LogP contribution in [0.1, 0.15) is 1.43 Å². The zero-order valence-corrected chi connectivity index (χ0v) is 2.75. The Bertz CT molecular complexity index is 54.7. The minimum Gasteiger partial charge on any atom is -0.483 e. The zero-order chi connectivity index (χ0) is 5.41. The van der Waals surface area contributed by atoms with Gasteiger partial charge in [-0.05, 0) is 0 Å². The predicted molar refractivity (Wildman–Crippen MR) is 15.8 cm³/mol. The van der Waals surface area contributed by atoms with E-state index in [0.29, 0.717) is 0 Å². The Morgan fingerprint density at radius 1 is 1.67 bits per heavy atom. The van der Waals surface area contributed by atoms with Gasteiger partial charge in [-0.3, -0.25) is 4.79 Å². The molecule has 4 heteroatoms. The Balaban J connectivity index is -0.0000000400. The molecule has 0 amide bonds. The molecule has 0 spiro atoms. The third-order valence-electron chi connectivity index (χ3n) is 0. The first kappa shape index (κ1) is 8.85. The maximum atomic E-state index is 8.36. The second-order valence-electron chi connectivity index (χ2n) is 0.189. The molecule has 0 unspecified atom stereocenters. The van der Waals surface area contributed by atoms with E-state index >= 15 is 0 Å². The molecule has 0 aliphatic rings. The SMILES string of the molecule is O=C=O.O=CO.[HH]. The molecule has 0 bridgehead atoms. The van der Waals surface area contributed by atoms with Crippen LogP contribution in [0, 0.1) is 0 Å². The largest absolute Gasteiger partial charge is 0.483 e. The van der Waals surface area contributed by atoms with Gasteiger partial charge in [0.05, 0.1) is 0 Å². The summed E-state index contributed by atoms with van der Waals surface area (Å²) in [7, 11) is 0. The van der Waals surface area contributed by atoms with E-state index < -0.39 is 0 Å². The first-order chi connectivity index (χ1) is 2.83. The number of carbonyl (C=O) groups is 1. The van der Waals surface area contributed by atoms with Gasteiger partial charge in [-0.15, -0.1) is 0 Å². The molecule has 0 fully saturated rings. The second-order valence-corrected chi connectivity index (χ2v) is 0.189. The summed E-state index contributed by atoms with van der Waals surface area (Å²) in [6, 6.07) is 0. The summed E-state index contributed by atoms with van der Waals surface area (Å²) < 4.78 is 0. The minimum absolute atomic E-state index is 0. The van der Waals surface area contributed by atoms with Gasteiger partial charge in [-0.2, -0.15) is 9.59 Å². The van der Waals surface area contributed by atoms with Crippen molar-refractivity contribution in [3.05, 3.63) is 0 Å². The molecule has 0 rings (SSSR count). The fourth-order valence-electron chi connectivity index (χ4n) is 0. The van der Waals surface area contributed by atoms with Gasteiger partial charge in [0.2, 0.25) is 0 Å². The lowest BCUT2D eigenvalue weighted by molar-refractivity contribution is -0.191. The first-order valence-electron chi connectivity index (χ1n) is 0.902. The highest BCUT2D eigenvalue weighted by atomic mass is 16.3. The van der Waals surface area contributed by atoms with Gasteiger partial charge in [-0.25, -0.2) is 0 Å². The van der Waals surface area contributed by atoms with Crippen LogP contribution in [0.25, 0.3) is 0 Å². The molecule has 0 radical (unpaired) electrons. The van der Waals surface area contributed by atoms with Gasteiger partial charge in [0.15, 0.2) is 0 Å². The molecule has 0 saturated heterocycles. The van der Waals surface area contributed by atoms with Crippen LogP contribution in [0.4, 0.5) is 0 Å². The van der Waals surface area contributed by atoms with E-state index in [4.69, 9.17) is 19.5 Å². The molecule has 0 aromatic rings. The molecule has 0 aliphatic heterocycles. The van der Waals surface area contributed by atoms with Crippen molar-refractivity contribution in [1.29, 1.82) is 0 Å². The molecule has 36 valence electrons. The van der Waals surface area contributed by atoms with Crippen molar-refractivity contribution in [3.8, 4) is 0 Å². The second kappa shape index (κ2) is 43.3. The van der Waals surface area contributed by atoms with E-state index in [1.165, 1.54) is 0 Å². The highest BCUT2D eigenvalue weighted by Crippen LogP contribution is 0.966. The summed E-state index contributed by atoms with van der Waals surface area (Å²) in [5.74, 6) is 0. The lowest BCUT2D eigenvalue weighted by Gasteiger charge is -1.34. The summed E-state index contributed by atoms with van der Waals surface area (Å²) in [4.78, 5) is 24.6. The maximum absolute atomic E-state index is 8.36. The molecular weight excluding hydrogens is 88.0 g/mol. The summed E-state index contributed by atoms with van der Waals surface area (Å²) in [5, 5.41) is 6.89.